The number of fused-ring (bicyclic) bond motifs is 2. The van der Waals surface area contributed by atoms with Gasteiger partial charge in [0.05, 0.1) is 11.4 Å². The van der Waals surface area contributed by atoms with Gasteiger partial charge in [0.15, 0.2) is 0 Å². The molecule has 0 radical (unpaired) electrons. The Kier molecular flexibility index (Phi) is 8.30. The molecule has 2 aliphatic heterocycles. The van der Waals surface area contributed by atoms with Gasteiger partial charge in [-0.2, -0.15) is 5.10 Å². The fraction of sp³-hybridized carbons (Fsp3) is 0.344. The summed E-state index contributed by atoms with van der Waals surface area (Å²) in [5.41, 5.74) is -1.21. The molecular formula is C32H31BrN4O7S. The van der Waals surface area contributed by atoms with Crippen molar-refractivity contribution in [3.8, 4) is 0 Å². The summed E-state index contributed by atoms with van der Waals surface area (Å²) < 4.78 is 13.4. The summed E-state index contributed by atoms with van der Waals surface area (Å²) in [4.78, 5) is 71.8. The quantitative estimate of drug-likeness (QED) is 0.273. The van der Waals surface area contributed by atoms with Crippen LogP contribution in [0.4, 0.5) is 10.5 Å². The number of benzene rings is 2. The lowest BCUT2D eigenvalue weighted by atomic mass is 9.70. The minimum Gasteiger partial charge on any atom is -0.460 e. The van der Waals surface area contributed by atoms with Gasteiger partial charge in [0.2, 0.25) is 5.91 Å². The molecule has 0 saturated carbocycles. The molecule has 0 unspecified atom stereocenters. The molecule has 0 bridgehead atoms. The number of ether oxygens (including phenoxy) is 2. The highest BCUT2D eigenvalue weighted by atomic mass is 79.9. The maximum Gasteiger partial charge on any atom is 0.416 e. The smallest absolute Gasteiger partial charge is 0.416 e. The lowest BCUT2D eigenvalue weighted by Gasteiger charge is -2.29. The number of esters is 1. The summed E-state index contributed by atoms with van der Waals surface area (Å²) in [6.07, 6.45) is -1.04. The third-order valence-corrected chi connectivity index (χ3v) is 8.70. The van der Waals surface area contributed by atoms with Crippen molar-refractivity contribution < 1.29 is 33.4 Å². The monoisotopic (exact) mass is 694 g/mol. The van der Waals surface area contributed by atoms with Crippen molar-refractivity contribution in [1.29, 1.82) is 0 Å². The van der Waals surface area contributed by atoms with Crippen molar-refractivity contribution in [2.45, 2.75) is 65.2 Å². The number of carbonyl (C=O) groups excluding carboxylic acids is 5. The van der Waals surface area contributed by atoms with Crippen LogP contribution in [0.15, 0.2) is 59.1 Å². The molecule has 2 aromatic carbocycles. The molecule has 13 heteroatoms. The van der Waals surface area contributed by atoms with Crippen molar-refractivity contribution in [3.05, 3.63) is 81.6 Å². The average Bonchev–Trinajstić information content (AvgIpc) is 3.54. The van der Waals surface area contributed by atoms with Gasteiger partial charge in [-0.15, -0.1) is 0 Å². The minimum atomic E-state index is -2.14. The zero-order chi connectivity index (χ0) is 33.0. The molecule has 234 valence electrons. The third kappa shape index (κ3) is 5.37. The van der Waals surface area contributed by atoms with Crippen molar-refractivity contribution in [1.82, 2.24) is 14.7 Å². The van der Waals surface area contributed by atoms with Gasteiger partial charge in [0, 0.05) is 17.1 Å². The topological polar surface area (TPSA) is 128 Å². The molecule has 1 aromatic heterocycles. The number of rotatable bonds is 4. The van der Waals surface area contributed by atoms with Crippen molar-refractivity contribution >= 4 is 68.6 Å². The molecule has 1 fully saturated rings. The van der Waals surface area contributed by atoms with E-state index in [9.17, 15) is 24.0 Å². The predicted molar refractivity (Wildman–Crippen MR) is 171 cm³/mol. The van der Waals surface area contributed by atoms with E-state index in [1.807, 2.05) is 0 Å². The molecule has 3 aromatic rings. The van der Waals surface area contributed by atoms with Gasteiger partial charge in [-0.05, 0) is 70.0 Å². The van der Waals surface area contributed by atoms with Crippen LogP contribution < -0.4 is 4.90 Å². The van der Waals surface area contributed by atoms with Gasteiger partial charge in [0.1, 0.15) is 34.6 Å². The maximum absolute atomic E-state index is 14.6. The minimum absolute atomic E-state index is 0.186. The van der Waals surface area contributed by atoms with Gasteiger partial charge in [-0.25, -0.2) is 14.4 Å². The second-order valence-electron chi connectivity index (χ2n) is 12.0. The molecule has 2 aliphatic rings. The standard InChI is InChI=1S/C32H31BrN4O7S/c1-17-15-18(2)37(34-17)26(39)25-24(27(40)43-16-20-11-13-21(33)14-12-20)32(29(45)36(25)30(42)44-31(4,5)6)22-9-7-8-10-23(22)35(19(3)38)28(32)41/h7-15,24-25H,16H2,1-6H3/t24-,25-,32-/m0/s1. The van der Waals surface area contributed by atoms with Crippen LogP contribution in [0, 0.1) is 19.8 Å². The molecule has 45 heavy (non-hydrogen) atoms. The van der Waals surface area contributed by atoms with Crippen molar-refractivity contribution in [2.75, 3.05) is 4.90 Å². The number of anilines is 1. The lowest BCUT2D eigenvalue weighted by Crippen LogP contribution is -2.53. The van der Waals surface area contributed by atoms with Crippen LogP contribution in [-0.4, -0.2) is 61.1 Å². The number of thiocarbonyl (C=S) groups is 1. The van der Waals surface area contributed by atoms with Crippen molar-refractivity contribution in [2.24, 2.45) is 5.92 Å². The number of halogens is 1. The van der Waals surface area contributed by atoms with E-state index in [1.165, 1.54) is 6.92 Å². The summed E-state index contributed by atoms with van der Waals surface area (Å²) in [6.45, 7) is 9.24. The van der Waals surface area contributed by atoms with Gasteiger partial charge >= 0.3 is 12.1 Å². The Balaban J connectivity index is 1.75. The summed E-state index contributed by atoms with van der Waals surface area (Å²) in [5.74, 6) is -4.99. The molecule has 3 heterocycles. The molecule has 1 saturated heterocycles. The number of para-hydroxylation sites is 1. The Bertz CT molecular complexity index is 1760. The molecule has 0 N–H and O–H groups in total. The number of aryl methyl sites for hydroxylation is 2. The van der Waals surface area contributed by atoms with E-state index in [4.69, 9.17) is 21.7 Å². The van der Waals surface area contributed by atoms with E-state index >= 15 is 0 Å². The first-order valence-corrected chi connectivity index (χ1v) is 15.3. The van der Waals surface area contributed by atoms with Crippen LogP contribution in [0.3, 0.4) is 0 Å². The molecule has 3 atom stereocenters. The number of nitrogens with zero attached hydrogens (tertiary/aromatic N) is 4. The summed E-state index contributed by atoms with van der Waals surface area (Å²) in [6, 6.07) is 13.3. The Morgan fingerprint density at radius 1 is 1.04 bits per heavy atom. The molecule has 11 nitrogen and oxygen atoms in total. The zero-order valence-electron chi connectivity index (χ0n) is 25.5. The van der Waals surface area contributed by atoms with E-state index in [0.29, 0.717) is 17.0 Å². The van der Waals surface area contributed by atoms with E-state index < -0.39 is 52.8 Å². The highest BCUT2D eigenvalue weighted by molar-refractivity contribution is 9.10. The number of aromatic nitrogens is 2. The first-order valence-electron chi connectivity index (χ1n) is 14.1. The summed E-state index contributed by atoms with van der Waals surface area (Å²) in [5, 5.41) is 4.30. The Morgan fingerprint density at radius 3 is 2.27 bits per heavy atom. The highest BCUT2D eigenvalue weighted by Crippen LogP contribution is 2.54. The maximum atomic E-state index is 14.6. The number of imide groups is 1. The summed E-state index contributed by atoms with van der Waals surface area (Å²) in [7, 11) is 0. The van der Waals surface area contributed by atoms with Gasteiger partial charge in [-0.1, -0.05) is 58.5 Å². The number of hydrogen-bond donors (Lipinski definition) is 0. The van der Waals surface area contributed by atoms with E-state index in [0.717, 1.165) is 19.0 Å². The number of hydrogen-bond acceptors (Lipinski definition) is 9. The van der Waals surface area contributed by atoms with Crippen LogP contribution >= 0.6 is 28.1 Å². The first kappa shape index (κ1) is 32.2. The van der Waals surface area contributed by atoms with Crippen LogP contribution in [0.25, 0.3) is 0 Å². The Labute approximate surface area is 273 Å². The largest absolute Gasteiger partial charge is 0.460 e. The molecule has 3 amide bonds. The third-order valence-electron chi connectivity index (χ3n) is 7.65. The van der Waals surface area contributed by atoms with Crippen molar-refractivity contribution in [3.63, 3.8) is 0 Å². The average molecular weight is 696 g/mol. The zero-order valence-corrected chi connectivity index (χ0v) is 27.9. The van der Waals surface area contributed by atoms with Crippen LogP contribution in [-0.2, 0) is 35.9 Å². The van der Waals surface area contributed by atoms with E-state index in [1.54, 1.807) is 89.2 Å². The molecule has 5 rings (SSSR count). The Hall–Kier alpha value is -4.23. The number of carbonyl (C=O) groups is 5. The van der Waals surface area contributed by atoms with E-state index in [-0.39, 0.29) is 22.8 Å². The summed E-state index contributed by atoms with van der Waals surface area (Å²) >= 11 is 9.29. The predicted octanol–water partition coefficient (Wildman–Crippen LogP) is 5.04. The fourth-order valence-electron chi connectivity index (χ4n) is 5.93. The second kappa shape index (κ2) is 11.6. The molecule has 1 spiro atoms. The molecule has 0 aliphatic carbocycles. The highest BCUT2D eigenvalue weighted by Gasteiger charge is 2.73. The number of likely N-dealkylation sites (tertiary alicyclic amines) is 1. The molecular weight excluding hydrogens is 664 g/mol. The Morgan fingerprint density at radius 2 is 1.69 bits per heavy atom. The van der Waals surface area contributed by atoms with E-state index in [2.05, 4.69) is 21.0 Å². The van der Waals surface area contributed by atoms with Crippen LogP contribution in [0.5, 0.6) is 0 Å². The number of amides is 3. The van der Waals surface area contributed by atoms with Gasteiger partial charge < -0.3 is 9.47 Å². The first-order chi connectivity index (χ1) is 21.1. The lowest BCUT2D eigenvalue weighted by molar-refractivity contribution is -0.154. The normalized spacial score (nSPS) is 20.9. The second-order valence-corrected chi connectivity index (χ2v) is 13.3. The SMILES string of the molecule is CC(=O)N1C(=O)[C@]2(C(=S)N(C(=O)OC(C)(C)C)[C@H](C(=O)n3nc(C)cc3C)[C@H]2C(=O)OCc2ccc(Br)cc2)c2ccccc21. The van der Waals surface area contributed by atoms with Crippen LogP contribution in [0.2, 0.25) is 0 Å². The van der Waals surface area contributed by atoms with Gasteiger partial charge in [0.25, 0.3) is 11.8 Å². The van der Waals surface area contributed by atoms with Crippen LogP contribution in [0.1, 0.15) is 55.0 Å². The van der Waals surface area contributed by atoms with Gasteiger partial charge in [-0.3, -0.25) is 24.1 Å². The fourth-order valence-corrected chi connectivity index (χ4v) is 6.70.